The van der Waals surface area contributed by atoms with Crippen LogP contribution >= 0.6 is 15.9 Å². The van der Waals surface area contributed by atoms with E-state index in [0.29, 0.717) is 11.1 Å². The van der Waals surface area contributed by atoms with E-state index in [1.807, 2.05) is 0 Å². The van der Waals surface area contributed by atoms with Crippen LogP contribution < -0.4 is 0 Å². The molecule has 0 spiro atoms. The van der Waals surface area contributed by atoms with E-state index in [9.17, 15) is 23.3 Å². The smallest absolute Gasteiger partial charge is 0.283 e. The molecule has 1 aliphatic carbocycles. The Labute approximate surface area is 151 Å². The largest absolute Gasteiger partial charge is 0.288 e. The standard InChI is InChI=1S/C16H9BrN2O5S/c17-14-9-15(12-6-1-2-7-13(12)16(14)20)18-25(23,24)11-5-3-4-10(8-11)19(21)22/h1-9H. The number of nitro groups is 1. The van der Waals surface area contributed by atoms with Crippen LogP contribution in [0.4, 0.5) is 5.69 Å². The van der Waals surface area contributed by atoms with E-state index in [-0.39, 0.29) is 26.6 Å². The summed E-state index contributed by atoms with van der Waals surface area (Å²) in [5, 5.41) is 10.8. The van der Waals surface area contributed by atoms with Gasteiger partial charge in [-0.3, -0.25) is 14.9 Å². The molecule has 0 unspecified atom stereocenters. The molecule has 0 heterocycles. The van der Waals surface area contributed by atoms with Crippen LogP contribution in [0.25, 0.3) is 0 Å². The third-order valence-electron chi connectivity index (χ3n) is 3.47. The Hall–Kier alpha value is -2.65. The first-order valence-electron chi connectivity index (χ1n) is 6.90. The predicted octanol–water partition coefficient (Wildman–Crippen LogP) is 3.25. The van der Waals surface area contributed by atoms with E-state index in [0.717, 1.165) is 6.07 Å². The third-order valence-corrected chi connectivity index (χ3v) is 5.35. The lowest BCUT2D eigenvalue weighted by Gasteiger charge is -2.14. The van der Waals surface area contributed by atoms with Crippen molar-refractivity contribution in [3.05, 3.63) is 80.3 Å². The third kappa shape index (κ3) is 3.28. The van der Waals surface area contributed by atoms with Gasteiger partial charge in [-0.05, 0) is 28.1 Å². The highest BCUT2D eigenvalue weighted by atomic mass is 79.9. The molecular formula is C16H9BrN2O5S. The molecule has 2 aromatic carbocycles. The summed E-state index contributed by atoms with van der Waals surface area (Å²) < 4.78 is 29.0. The van der Waals surface area contributed by atoms with E-state index in [1.165, 1.54) is 24.3 Å². The number of rotatable bonds is 3. The summed E-state index contributed by atoms with van der Waals surface area (Å²) in [6.07, 6.45) is 1.32. The maximum absolute atomic E-state index is 12.5. The summed E-state index contributed by atoms with van der Waals surface area (Å²) >= 11 is 3.11. The number of carbonyl (C=O) groups is 1. The second-order valence-electron chi connectivity index (χ2n) is 5.07. The van der Waals surface area contributed by atoms with Gasteiger partial charge in [0.2, 0.25) is 5.78 Å². The molecule has 0 radical (unpaired) electrons. The zero-order chi connectivity index (χ0) is 18.2. The van der Waals surface area contributed by atoms with Crippen molar-refractivity contribution in [2.24, 2.45) is 4.40 Å². The van der Waals surface area contributed by atoms with E-state index in [4.69, 9.17) is 0 Å². The van der Waals surface area contributed by atoms with Gasteiger partial charge < -0.3 is 0 Å². The molecule has 0 saturated carbocycles. The molecule has 0 aromatic heterocycles. The summed E-state index contributed by atoms with van der Waals surface area (Å²) in [6, 6.07) is 11.1. The maximum Gasteiger partial charge on any atom is 0.283 e. The molecule has 0 N–H and O–H groups in total. The summed E-state index contributed by atoms with van der Waals surface area (Å²) in [6.45, 7) is 0. The van der Waals surface area contributed by atoms with Gasteiger partial charge >= 0.3 is 0 Å². The number of carbonyl (C=O) groups excluding carboxylic acids is 1. The zero-order valence-corrected chi connectivity index (χ0v) is 14.8. The first-order valence-corrected chi connectivity index (χ1v) is 9.13. The molecule has 126 valence electrons. The van der Waals surface area contributed by atoms with Gasteiger partial charge in [0.25, 0.3) is 15.7 Å². The quantitative estimate of drug-likeness (QED) is 0.559. The van der Waals surface area contributed by atoms with Gasteiger partial charge in [-0.2, -0.15) is 12.8 Å². The van der Waals surface area contributed by atoms with E-state index >= 15 is 0 Å². The van der Waals surface area contributed by atoms with Crippen LogP contribution in [0.2, 0.25) is 0 Å². The van der Waals surface area contributed by atoms with Crippen molar-refractivity contribution >= 4 is 43.1 Å². The number of halogens is 1. The topological polar surface area (TPSA) is 107 Å². The lowest BCUT2D eigenvalue weighted by molar-refractivity contribution is -0.385. The van der Waals surface area contributed by atoms with Gasteiger partial charge in [0.1, 0.15) is 0 Å². The summed E-state index contributed by atoms with van der Waals surface area (Å²) in [5.74, 6) is -0.276. The Morgan fingerprint density at radius 3 is 2.40 bits per heavy atom. The number of nitro benzene ring substituents is 1. The van der Waals surface area contributed by atoms with Crippen molar-refractivity contribution in [2.45, 2.75) is 4.90 Å². The Morgan fingerprint density at radius 1 is 1.04 bits per heavy atom. The fourth-order valence-electron chi connectivity index (χ4n) is 2.31. The second kappa shape index (κ2) is 6.34. The number of nitrogens with zero attached hydrogens (tertiary/aromatic N) is 2. The summed E-state index contributed by atoms with van der Waals surface area (Å²) in [5.41, 5.74) is 0.431. The van der Waals surface area contributed by atoms with Gasteiger partial charge in [0.15, 0.2) is 0 Å². The molecule has 0 aliphatic heterocycles. The minimum Gasteiger partial charge on any atom is -0.288 e. The number of hydrogen-bond acceptors (Lipinski definition) is 5. The number of ketones is 1. The Kier molecular flexibility index (Phi) is 4.36. The number of fused-ring (bicyclic) bond motifs is 1. The van der Waals surface area contributed by atoms with Crippen molar-refractivity contribution in [1.29, 1.82) is 0 Å². The first-order chi connectivity index (χ1) is 11.8. The Morgan fingerprint density at radius 2 is 1.72 bits per heavy atom. The number of sulfonamides is 1. The summed E-state index contributed by atoms with van der Waals surface area (Å²) in [7, 11) is -4.19. The molecule has 0 saturated heterocycles. The minimum atomic E-state index is -4.19. The van der Waals surface area contributed by atoms with Crippen LogP contribution in [-0.4, -0.2) is 24.8 Å². The fraction of sp³-hybridized carbons (Fsp3) is 0. The highest BCUT2D eigenvalue weighted by molar-refractivity contribution is 9.12. The number of hydrogen-bond donors (Lipinski definition) is 0. The van der Waals surface area contributed by atoms with Gasteiger partial charge in [-0.25, -0.2) is 0 Å². The lowest BCUT2D eigenvalue weighted by Crippen LogP contribution is -2.16. The van der Waals surface area contributed by atoms with Crippen LogP contribution in [-0.2, 0) is 10.0 Å². The van der Waals surface area contributed by atoms with Gasteiger partial charge in [0, 0.05) is 23.3 Å². The Balaban J connectivity index is 2.15. The molecule has 25 heavy (non-hydrogen) atoms. The minimum absolute atomic E-state index is 0.0774. The molecule has 9 heteroatoms. The molecule has 1 aliphatic rings. The van der Waals surface area contributed by atoms with Crippen molar-refractivity contribution in [1.82, 2.24) is 0 Å². The van der Waals surface area contributed by atoms with Crippen molar-refractivity contribution < 1.29 is 18.1 Å². The SMILES string of the molecule is O=C1C(Br)=CC(=NS(=O)(=O)c2cccc([N+](=O)[O-])c2)c2ccccc21. The monoisotopic (exact) mass is 420 g/mol. The normalized spacial score (nSPS) is 15.6. The van der Waals surface area contributed by atoms with Gasteiger partial charge in [-0.1, -0.05) is 30.3 Å². The van der Waals surface area contributed by atoms with Crippen LogP contribution in [0.5, 0.6) is 0 Å². The molecular weight excluding hydrogens is 412 g/mol. The van der Waals surface area contributed by atoms with Crippen LogP contribution in [0.15, 0.2) is 68.4 Å². The lowest BCUT2D eigenvalue weighted by atomic mass is 9.94. The van der Waals surface area contributed by atoms with Crippen LogP contribution in [0.3, 0.4) is 0 Å². The maximum atomic E-state index is 12.5. The predicted molar refractivity (Wildman–Crippen MR) is 94.6 cm³/mol. The van der Waals surface area contributed by atoms with Crippen molar-refractivity contribution in [3.8, 4) is 0 Å². The molecule has 0 fully saturated rings. The van der Waals surface area contributed by atoms with Crippen molar-refractivity contribution in [3.63, 3.8) is 0 Å². The van der Waals surface area contributed by atoms with Gasteiger partial charge in [-0.15, -0.1) is 0 Å². The van der Waals surface area contributed by atoms with Gasteiger partial charge in [0.05, 0.1) is 20.0 Å². The molecule has 2 aromatic rings. The molecule has 0 atom stereocenters. The number of allylic oxidation sites excluding steroid dienone is 2. The second-order valence-corrected chi connectivity index (χ2v) is 7.53. The van der Waals surface area contributed by atoms with E-state index in [2.05, 4.69) is 20.3 Å². The van der Waals surface area contributed by atoms with Crippen molar-refractivity contribution in [2.75, 3.05) is 0 Å². The first kappa shape index (κ1) is 17.2. The zero-order valence-electron chi connectivity index (χ0n) is 12.4. The highest BCUT2D eigenvalue weighted by Gasteiger charge is 2.25. The molecule has 7 nitrogen and oxygen atoms in total. The highest BCUT2D eigenvalue weighted by Crippen LogP contribution is 2.27. The molecule has 0 amide bonds. The van der Waals surface area contributed by atoms with Crippen LogP contribution in [0, 0.1) is 10.1 Å². The number of non-ortho nitro benzene ring substituents is 1. The average molecular weight is 421 g/mol. The van der Waals surface area contributed by atoms with E-state index in [1.54, 1.807) is 24.3 Å². The molecule has 0 bridgehead atoms. The van der Waals surface area contributed by atoms with E-state index < -0.39 is 14.9 Å². The van der Waals surface area contributed by atoms with Crippen LogP contribution in [0.1, 0.15) is 15.9 Å². The summed E-state index contributed by atoms with van der Waals surface area (Å²) in [4.78, 5) is 22.0. The average Bonchev–Trinajstić information content (AvgIpc) is 2.59. The fourth-order valence-corrected chi connectivity index (χ4v) is 3.78. The molecule has 3 rings (SSSR count). The Bertz CT molecular complexity index is 1070. The number of Topliss-reactive ketones (excluding diaryl/α,β-unsaturated/α-hetero) is 1. The number of benzene rings is 2.